The van der Waals surface area contributed by atoms with Gasteiger partial charge in [-0.05, 0) is 32.4 Å². The number of rotatable bonds is 8. The van der Waals surface area contributed by atoms with E-state index in [1.165, 1.54) is 6.42 Å². The number of aromatic nitrogens is 2. The van der Waals surface area contributed by atoms with Gasteiger partial charge in [0.1, 0.15) is 11.6 Å². The lowest BCUT2D eigenvalue weighted by Crippen LogP contribution is -2.30. The van der Waals surface area contributed by atoms with Crippen LogP contribution < -0.4 is 10.9 Å². The fourth-order valence-electron chi connectivity index (χ4n) is 2.20. The Bertz CT molecular complexity index is 453. The van der Waals surface area contributed by atoms with Crippen LogP contribution in [-0.4, -0.2) is 41.0 Å². The third-order valence-electron chi connectivity index (χ3n) is 3.45. The highest BCUT2D eigenvalue weighted by atomic mass is 16.1. The van der Waals surface area contributed by atoms with Crippen molar-refractivity contribution < 1.29 is 0 Å². The van der Waals surface area contributed by atoms with Crippen molar-refractivity contribution in [3.05, 3.63) is 22.2 Å². The van der Waals surface area contributed by atoms with Crippen LogP contribution in [0.4, 0.5) is 5.82 Å². The topological polar surface area (TPSA) is 61.0 Å². The molecule has 1 aliphatic rings. The fraction of sp³-hybridized carbons (Fsp3) is 0.714. The standard InChI is InChI=1S/C14H24N4O/c1-3-8-18(4-2)9-7-15-12-10-13(19)17-14(16-12)11-5-6-11/h10-11H,3-9H2,1-2H3,(H2,15,16,17,19). The lowest BCUT2D eigenvalue weighted by Gasteiger charge is -2.19. The smallest absolute Gasteiger partial charge is 0.252 e. The summed E-state index contributed by atoms with van der Waals surface area (Å²) in [5, 5.41) is 3.26. The number of aromatic amines is 1. The summed E-state index contributed by atoms with van der Waals surface area (Å²) >= 11 is 0. The van der Waals surface area contributed by atoms with Crippen molar-refractivity contribution in [1.82, 2.24) is 14.9 Å². The number of hydrogen-bond acceptors (Lipinski definition) is 4. The zero-order valence-corrected chi connectivity index (χ0v) is 11.9. The second kappa shape index (κ2) is 6.70. The van der Waals surface area contributed by atoms with Crippen LogP contribution in [0.1, 0.15) is 44.9 Å². The highest BCUT2D eigenvalue weighted by Gasteiger charge is 2.26. The van der Waals surface area contributed by atoms with Crippen molar-refractivity contribution in [2.45, 2.75) is 39.0 Å². The van der Waals surface area contributed by atoms with Gasteiger partial charge in [-0.15, -0.1) is 0 Å². The molecule has 0 aliphatic heterocycles. The molecule has 1 heterocycles. The monoisotopic (exact) mass is 264 g/mol. The summed E-state index contributed by atoms with van der Waals surface area (Å²) in [5.74, 6) is 2.02. The number of hydrogen-bond donors (Lipinski definition) is 2. The Morgan fingerprint density at radius 2 is 2.21 bits per heavy atom. The molecule has 0 aromatic carbocycles. The first-order valence-corrected chi connectivity index (χ1v) is 7.30. The molecule has 2 rings (SSSR count). The SMILES string of the molecule is CCCN(CC)CCNc1cc(=O)[nH]c(C2CC2)n1. The summed E-state index contributed by atoms with van der Waals surface area (Å²) < 4.78 is 0. The molecule has 0 radical (unpaired) electrons. The Morgan fingerprint density at radius 1 is 1.42 bits per heavy atom. The molecule has 1 fully saturated rings. The second-order valence-corrected chi connectivity index (χ2v) is 5.15. The summed E-state index contributed by atoms with van der Waals surface area (Å²) in [6.45, 7) is 8.36. The third-order valence-corrected chi connectivity index (χ3v) is 3.45. The van der Waals surface area contributed by atoms with Crippen molar-refractivity contribution in [3.63, 3.8) is 0 Å². The second-order valence-electron chi connectivity index (χ2n) is 5.15. The molecule has 2 N–H and O–H groups in total. The molecular weight excluding hydrogens is 240 g/mol. The molecule has 5 heteroatoms. The summed E-state index contributed by atoms with van der Waals surface area (Å²) in [6, 6.07) is 1.54. The molecule has 0 unspecified atom stereocenters. The Labute approximate surface area is 114 Å². The van der Waals surface area contributed by atoms with Gasteiger partial charge >= 0.3 is 0 Å². The van der Waals surface area contributed by atoms with E-state index in [4.69, 9.17) is 0 Å². The molecule has 1 aromatic heterocycles. The average Bonchev–Trinajstić information content (AvgIpc) is 3.21. The van der Waals surface area contributed by atoms with E-state index in [1.807, 2.05) is 0 Å². The van der Waals surface area contributed by atoms with Gasteiger partial charge in [0, 0.05) is 25.1 Å². The van der Waals surface area contributed by atoms with Gasteiger partial charge in [-0.3, -0.25) is 4.79 Å². The van der Waals surface area contributed by atoms with Crippen molar-refractivity contribution in [2.75, 3.05) is 31.5 Å². The minimum Gasteiger partial charge on any atom is -0.369 e. The molecule has 19 heavy (non-hydrogen) atoms. The van der Waals surface area contributed by atoms with E-state index < -0.39 is 0 Å². The van der Waals surface area contributed by atoms with Gasteiger partial charge in [0.15, 0.2) is 0 Å². The van der Waals surface area contributed by atoms with Gasteiger partial charge in [-0.2, -0.15) is 0 Å². The van der Waals surface area contributed by atoms with Crippen molar-refractivity contribution >= 4 is 5.82 Å². The Morgan fingerprint density at radius 3 is 2.84 bits per heavy atom. The average molecular weight is 264 g/mol. The summed E-state index contributed by atoms with van der Waals surface area (Å²) in [5.41, 5.74) is -0.0553. The van der Waals surface area contributed by atoms with E-state index in [0.717, 1.165) is 44.8 Å². The predicted molar refractivity (Wildman–Crippen MR) is 77.7 cm³/mol. The Hall–Kier alpha value is -1.36. The molecule has 1 aliphatic carbocycles. The van der Waals surface area contributed by atoms with Crippen molar-refractivity contribution in [2.24, 2.45) is 0 Å². The minimum absolute atomic E-state index is 0.0553. The molecule has 0 saturated heterocycles. The number of H-pyrrole nitrogens is 1. The first kappa shape index (κ1) is 14.1. The maximum atomic E-state index is 11.6. The van der Waals surface area contributed by atoms with E-state index in [0.29, 0.717) is 11.7 Å². The third kappa shape index (κ3) is 4.35. The normalized spacial score (nSPS) is 14.9. The number of likely N-dealkylation sites (N-methyl/N-ethyl adjacent to an activating group) is 1. The number of nitrogens with zero attached hydrogens (tertiary/aromatic N) is 2. The van der Waals surface area contributed by atoms with Gasteiger partial charge in [0.05, 0.1) is 0 Å². The molecule has 1 saturated carbocycles. The quantitative estimate of drug-likeness (QED) is 0.751. The van der Waals surface area contributed by atoms with Gasteiger partial charge in [-0.25, -0.2) is 4.98 Å². The maximum absolute atomic E-state index is 11.6. The van der Waals surface area contributed by atoms with Crippen molar-refractivity contribution in [1.29, 1.82) is 0 Å². The van der Waals surface area contributed by atoms with Crippen LogP contribution >= 0.6 is 0 Å². The highest BCUT2D eigenvalue weighted by Crippen LogP contribution is 2.37. The highest BCUT2D eigenvalue weighted by molar-refractivity contribution is 5.33. The molecule has 106 valence electrons. The van der Waals surface area contributed by atoms with Crippen LogP contribution in [0.5, 0.6) is 0 Å². The maximum Gasteiger partial charge on any atom is 0.252 e. The van der Waals surface area contributed by atoms with E-state index >= 15 is 0 Å². The Balaban J connectivity index is 1.86. The fourth-order valence-corrected chi connectivity index (χ4v) is 2.20. The Kier molecular flexibility index (Phi) is 4.96. The predicted octanol–water partition coefficient (Wildman–Crippen LogP) is 1.79. The van der Waals surface area contributed by atoms with Crippen molar-refractivity contribution in [3.8, 4) is 0 Å². The molecule has 5 nitrogen and oxygen atoms in total. The van der Waals surface area contributed by atoms with Crippen LogP contribution in [0.3, 0.4) is 0 Å². The first-order chi connectivity index (χ1) is 9.22. The molecule has 0 amide bonds. The lowest BCUT2D eigenvalue weighted by molar-refractivity contribution is 0.300. The minimum atomic E-state index is -0.0553. The molecular formula is C14H24N4O. The van der Waals surface area contributed by atoms with E-state index in [-0.39, 0.29) is 5.56 Å². The summed E-state index contributed by atoms with van der Waals surface area (Å²) in [4.78, 5) is 21.2. The molecule has 0 atom stereocenters. The first-order valence-electron chi connectivity index (χ1n) is 7.30. The van der Waals surface area contributed by atoms with E-state index in [1.54, 1.807) is 6.07 Å². The van der Waals surface area contributed by atoms with Gasteiger partial charge in [-0.1, -0.05) is 13.8 Å². The molecule has 1 aromatic rings. The summed E-state index contributed by atoms with van der Waals surface area (Å²) in [6.07, 6.45) is 3.46. The van der Waals surface area contributed by atoms with Crippen LogP contribution in [0, 0.1) is 0 Å². The zero-order chi connectivity index (χ0) is 13.7. The van der Waals surface area contributed by atoms with Gasteiger partial charge in [0.25, 0.3) is 5.56 Å². The molecule has 0 bridgehead atoms. The summed E-state index contributed by atoms with van der Waals surface area (Å²) in [7, 11) is 0. The molecule has 0 spiro atoms. The number of anilines is 1. The van der Waals surface area contributed by atoms with Gasteiger partial charge < -0.3 is 15.2 Å². The van der Waals surface area contributed by atoms with Crippen LogP contribution in [-0.2, 0) is 0 Å². The van der Waals surface area contributed by atoms with E-state index in [9.17, 15) is 4.79 Å². The van der Waals surface area contributed by atoms with Crippen LogP contribution in [0.15, 0.2) is 10.9 Å². The number of nitrogens with one attached hydrogen (secondary N) is 2. The zero-order valence-electron chi connectivity index (χ0n) is 11.9. The largest absolute Gasteiger partial charge is 0.369 e. The van der Waals surface area contributed by atoms with E-state index in [2.05, 4.69) is 34.0 Å². The van der Waals surface area contributed by atoms with Gasteiger partial charge in [0.2, 0.25) is 0 Å². The van der Waals surface area contributed by atoms with Crippen LogP contribution in [0.25, 0.3) is 0 Å². The lowest BCUT2D eigenvalue weighted by atomic mass is 10.3. The van der Waals surface area contributed by atoms with Crippen LogP contribution in [0.2, 0.25) is 0 Å².